The number of hydrogen-bond donors (Lipinski definition) is 0. The molecule has 0 bridgehead atoms. The van der Waals surface area contributed by atoms with Crippen molar-refractivity contribution in [2.24, 2.45) is 0 Å². The fourth-order valence-corrected chi connectivity index (χ4v) is 2.81. The zero-order chi connectivity index (χ0) is 14.9. The monoisotopic (exact) mass is 290 g/mol. The molecule has 0 saturated heterocycles. The van der Waals surface area contributed by atoms with E-state index in [0.29, 0.717) is 10.6 Å². The number of carbonyl (C=O) groups is 2. The average Bonchev–Trinajstić information content (AvgIpc) is 2.72. The van der Waals surface area contributed by atoms with Gasteiger partial charge in [-0.15, -0.1) is 0 Å². The highest BCUT2D eigenvalue weighted by Crippen LogP contribution is 2.42. The number of para-hydroxylation sites is 1. The lowest BCUT2D eigenvalue weighted by Crippen LogP contribution is -2.28. The van der Waals surface area contributed by atoms with Gasteiger partial charge in [0.2, 0.25) is 0 Å². The Kier molecular flexibility index (Phi) is 3.73. The maximum Gasteiger partial charge on any atom is 0.331 e. The van der Waals surface area contributed by atoms with Crippen LogP contribution in [0.25, 0.3) is 0 Å². The maximum atomic E-state index is 11.9. The van der Waals surface area contributed by atoms with Crippen molar-refractivity contribution < 1.29 is 14.3 Å². The van der Waals surface area contributed by atoms with Gasteiger partial charge in [-0.25, -0.2) is 0 Å². The first-order valence-corrected chi connectivity index (χ1v) is 6.86. The first-order valence-electron chi connectivity index (χ1n) is 6.04. The zero-order valence-corrected chi connectivity index (χ0v) is 12.3. The van der Waals surface area contributed by atoms with E-state index < -0.39 is 11.1 Å². The minimum absolute atomic E-state index is 0.295. The summed E-state index contributed by atoms with van der Waals surface area (Å²) in [4.78, 5) is 24.6. The van der Waals surface area contributed by atoms with Crippen LogP contribution in [0.15, 0.2) is 23.1 Å². The Labute approximate surface area is 121 Å². The third-order valence-corrected chi connectivity index (χ3v) is 3.92. The SMILES string of the molecule is CN(C(=O)C#N)C(=O)Sc1cccc2c1OC(C)(C)C2. The van der Waals surface area contributed by atoms with Gasteiger partial charge >= 0.3 is 5.91 Å². The highest BCUT2D eigenvalue weighted by molar-refractivity contribution is 8.13. The summed E-state index contributed by atoms with van der Waals surface area (Å²) in [6.45, 7) is 3.96. The number of fused-ring (bicyclic) bond motifs is 1. The lowest BCUT2D eigenvalue weighted by molar-refractivity contribution is -0.121. The molecule has 1 aliphatic rings. The van der Waals surface area contributed by atoms with E-state index in [9.17, 15) is 9.59 Å². The third-order valence-electron chi connectivity index (χ3n) is 2.93. The second-order valence-electron chi connectivity index (χ2n) is 5.13. The molecule has 0 saturated carbocycles. The van der Waals surface area contributed by atoms with Crippen molar-refractivity contribution in [2.75, 3.05) is 7.05 Å². The molecule has 0 N–H and O–H groups in total. The normalized spacial score (nSPS) is 14.9. The lowest BCUT2D eigenvalue weighted by Gasteiger charge is -2.18. The Morgan fingerprint density at radius 1 is 1.45 bits per heavy atom. The average molecular weight is 290 g/mol. The van der Waals surface area contributed by atoms with Crippen molar-refractivity contribution in [3.8, 4) is 11.8 Å². The van der Waals surface area contributed by atoms with Gasteiger partial charge in [0.05, 0.1) is 4.90 Å². The Balaban J connectivity index is 2.21. The molecule has 1 heterocycles. The summed E-state index contributed by atoms with van der Waals surface area (Å²) in [5, 5.41) is 8.01. The molecule has 0 aliphatic carbocycles. The molecule has 0 unspecified atom stereocenters. The van der Waals surface area contributed by atoms with E-state index >= 15 is 0 Å². The van der Waals surface area contributed by atoms with Crippen molar-refractivity contribution in [1.29, 1.82) is 5.26 Å². The minimum Gasteiger partial charge on any atom is -0.486 e. The maximum absolute atomic E-state index is 11.9. The van der Waals surface area contributed by atoms with Crippen LogP contribution in [0, 0.1) is 11.3 Å². The molecular formula is C14H14N2O3S. The van der Waals surface area contributed by atoms with Crippen LogP contribution in [-0.4, -0.2) is 28.7 Å². The van der Waals surface area contributed by atoms with Gasteiger partial charge in [-0.05, 0) is 37.2 Å². The van der Waals surface area contributed by atoms with Crippen LogP contribution in [0.3, 0.4) is 0 Å². The number of nitrogens with zero attached hydrogens (tertiary/aromatic N) is 2. The third kappa shape index (κ3) is 2.78. The molecule has 20 heavy (non-hydrogen) atoms. The number of imide groups is 1. The summed E-state index contributed by atoms with van der Waals surface area (Å²) >= 11 is 0.892. The molecule has 1 aromatic rings. The fraction of sp³-hybridized carbons (Fsp3) is 0.357. The molecule has 0 atom stereocenters. The number of ether oxygens (including phenoxy) is 1. The largest absolute Gasteiger partial charge is 0.486 e. The van der Waals surface area contributed by atoms with Gasteiger partial charge in [-0.2, -0.15) is 5.26 Å². The standard InChI is InChI=1S/C14H14N2O3S/c1-14(2)7-9-5-4-6-10(12(9)19-14)20-13(18)16(3)11(17)8-15/h4-6H,7H2,1-3H3. The first kappa shape index (κ1) is 14.4. The summed E-state index contributed by atoms with van der Waals surface area (Å²) < 4.78 is 5.85. The van der Waals surface area contributed by atoms with E-state index in [1.165, 1.54) is 13.1 Å². The van der Waals surface area contributed by atoms with E-state index in [2.05, 4.69) is 0 Å². The quantitative estimate of drug-likeness (QED) is 0.587. The van der Waals surface area contributed by atoms with Crippen molar-refractivity contribution in [1.82, 2.24) is 4.90 Å². The number of amides is 2. The fourth-order valence-electron chi connectivity index (χ4n) is 1.99. The first-order chi connectivity index (χ1) is 9.34. The van der Waals surface area contributed by atoms with Crippen LogP contribution < -0.4 is 4.74 Å². The topological polar surface area (TPSA) is 70.4 Å². The van der Waals surface area contributed by atoms with Crippen molar-refractivity contribution in [3.05, 3.63) is 23.8 Å². The molecule has 6 heteroatoms. The lowest BCUT2D eigenvalue weighted by atomic mass is 10.0. The predicted octanol–water partition coefficient (Wildman–Crippen LogP) is 2.59. The van der Waals surface area contributed by atoms with Gasteiger partial charge in [0.1, 0.15) is 11.4 Å². The van der Waals surface area contributed by atoms with Crippen LogP contribution in [-0.2, 0) is 11.2 Å². The van der Waals surface area contributed by atoms with E-state index in [-0.39, 0.29) is 5.60 Å². The number of nitriles is 1. The molecule has 5 nitrogen and oxygen atoms in total. The van der Waals surface area contributed by atoms with E-state index in [1.807, 2.05) is 26.0 Å². The smallest absolute Gasteiger partial charge is 0.331 e. The van der Waals surface area contributed by atoms with Gasteiger partial charge in [0.15, 0.2) is 6.07 Å². The second kappa shape index (κ2) is 5.17. The van der Waals surface area contributed by atoms with Gasteiger partial charge in [0.25, 0.3) is 5.24 Å². The number of benzene rings is 1. The summed E-state index contributed by atoms with van der Waals surface area (Å²) in [5.74, 6) is -0.190. The Hall–Kier alpha value is -2.00. The molecule has 0 aromatic heterocycles. The van der Waals surface area contributed by atoms with Gasteiger partial charge in [-0.1, -0.05) is 12.1 Å². The van der Waals surface area contributed by atoms with Gasteiger partial charge in [-0.3, -0.25) is 14.5 Å². The summed E-state index contributed by atoms with van der Waals surface area (Å²) in [6.07, 6.45) is 0.776. The van der Waals surface area contributed by atoms with Crippen LogP contribution in [0.2, 0.25) is 0 Å². The van der Waals surface area contributed by atoms with Crippen molar-refractivity contribution >= 4 is 22.9 Å². The molecule has 1 aromatic carbocycles. The van der Waals surface area contributed by atoms with Gasteiger partial charge < -0.3 is 4.74 Å². The zero-order valence-electron chi connectivity index (χ0n) is 11.5. The number of carbonyl (C=O) groups excluding carboxylic acids is 2. The molecule has 1 aliphatic heterocycles. The highest BCUT2D eigenvalue weighted by atomic mass is 32.2. The van der Waals surface area contributed by atoms with Crippen LogP contribution in [0.5, 0.6) is 5.75 Å². The Morgan fingerprint density at radius 3 is 2.80 bits per heavy atom. The van der Waals surface area contributed by atoms with Crippen LogP contribution >= 0.6 is 11.8 Å². The molecular weight excluding hydrogens is 276 g/mol. The Bertz CT molecular complexity index is 619. The molecule has 2 rings (SSSR count). The van der Waals surface area contributed by atoms with E-state index in [1.54, 1.807) is 6.07 Å². The minimum atomic E-state index is -0.878. The molecule has 104 valence electrons. The van der Waals surface area contributed by atoms with Crippen molar-refractivity contribution in [3.63, 3.8) is 0 Å². The summed E-state index contributed by atoms with van der Waals surface area (Å²) in [7, 11) is 1.29. The van der Waals surface area contributed by atoms with E-state index in [4.69, 9.17) is 10.00 Å². The molecule has 0 spiro atoms. The number of thioether (sulfide) groups is 1. The van der Waals surface area contributed by atoms with E-state index in [0.717, 1.165) is 28.6 Å². The molecule has 0 fully saturated rings. The number of rotatable bonds is 1. The van der Waals surface area contributed by atoms with Gasteiger partial charge in [0, 0.05) is 13.5 Å². The second-order valence-corrected chi connectivity index (χ2v) is 6.12. The summed E-state index contributed by atoms with van der Waals surface area (Å²) in [5.41, 5.74) is 0.748. The Morgan fingerprint density at radius 2 is 2.15 bits per heavy atom. The summed E-state index contributed by atoms with van der Waals surface area (Å²) in [6, 6.07) is 7.00. The van der Waals surface area contributed by atoms with Crippen LogP contribution in [0.4, 0.5) is 4.79 Å². The molecule has 0 radical (unpaired) electrons. The molecule has 2 amide bonds. The van der Waals surface area contributed by atoms with Crippen LogP contribution in [0.1, 0.15) is 19.4 Å². The highest BCUT2D eigenvalue weighted by Gasteiger charge is 2.32. The number of hydrogen-bond acceptors (Lipinski definition) is 5. The predicted molar refractivity (Wildman–Crippen MR) is 74.5 cm³/mol. The van der Waals surface area contributed by atoms with Crippen molar-refractivity contribution in [2.45, 2.75) is 30.8 Å².